The molecule has 0 atom stereocenters. The number of benzene rings is 1. The SMILES string of the molecule is CCCCCn1nc(C(C)C)nc1Cc1ccc(-c2ccccc2C(=O)O)nc1. The van der Waals surface area contributed by atoms with E-state index in [1.807, 2.05) is 22.9 Å². The van der Waals surface area contributed by atoms with Crippen molar-refractivity contribution in [3.63, 3.8) is 0 Å². The number of aromatic carboxylic acids is 1. The quantitative estimate of drug-likeness (QED) is 0.522. The molecule has 6 heteroatoms. The Morgan fingerprint density at radius 2 is 1.93 bits per heavy atom. The van der Waals surface area contributed by atoms with Crippen LogP contribution in [-0.4, -0.2) is 30.8 Å². The number of unbranched alkanes of at least 4 members (excludes halogenated alkanes) is 2. The van der Waals surface area contributed by atoms with Crippen LogP contribution in [0.5, 0.6) is 0 Å². The van der Waals surface area contributed by atoms with Crippen molar-refractivity contribution < 1.29 is 9.90 Å². The predicted octanol–water partition coefficient (Wildman–Crippen LogP) is 4.94. The highest BCUT2D eigenvalue weighted by molar-refractivity contribution is 5.95. The zero-order chi connectivity index (χ0) is 20.8. The molecule has 29 heavy (non-hydrogen) atoms. The lowest BCUT2D eigenvalue weighted by atomic mass is 10.0. The largest absolute Gasteiger partial charge is 0.478 e. The lowest BCUT2D eigenvalue weighted by Crippen LogP contribution is -2.07. The molecule has 1 aromatic carbocycles. The van der Waals surface area contributed by atoms with Crippen molar-refractivity contribution in [2.45, 2.75) is 58.9 Å². The first-order valence-electron chi connectivity index (χ1n) is 10.2. The fraction of sp³-hybridized carbons (Fsp3) is 0.391. The molecule has 2 aromatic heterocycles. The van der Waals surface area contributed by atoms with Crippen molar-refractivity contribution in [2.75, 3.05) is 0 Å². The van der Waals surface area contributed by atoms with Gasteiger partial charge in [0.1, 0.15) is 5.82 Å². The minimum absolute atomic E-state index is 0.255. The maximum Gasteiger partial charge on any atom is 0.336 e. The van der Waals surface area contributed by atoms with Crippen LogP contribution in [0.4, 0.5) is 0 Å². The fourth-order valence-corrected chi connectivity index (χ4v) is 3.22. The van der Waals surface area contributed by atoms with Gasteiger partial charge in [0, 0.05) is 30.6 Å². The van der Waals surface area contributed by atoms with E-state index in [1.54, 1.807) is 24.4 Å². The van der Waals surface area contributed by atoms with Gasteiger partial charge < -0.3 is 5.11 Å². The summed E-state index contributed by atoms with van der Waals surface area (Å²) in [5.41, 5.74) is 2.56. The predicted molar refractivity (Wildman–Crippen MR) is 113 cm³/mol. The van der Waals surface area contributed by atoms with Crippen LogP contribution in [0.25, 0.3) is 11.3 Å². The van der Waals surface area contributed by atoms with E-state index in [0.717, 1.165) is 30.2 Å². The van der Waals surface area contributed by atoms with Crippen molar-refractivity contribution in [3.8, 4) is 11.3 Å². The normalized spacial score (nSPS) is 11.2. The summed E-state index contributed by atoms with van der Waals surface area (Å²) in [4.78, 5) is 20.7. The van der Waals surface area contributed by atoms with Crippen LogP contribution in [-0.2, 0) is 13.0 Å². The second-order valence-corrected chi connectivity index (χ2v) is 7.55. The van der Waals surface area contributed by atoms with E-state index in [-0.39, 0.29) is 11.5 Å². The molecule has 0 aliphatic rings. The zero-order valence-corrected chi connectivity index (χ0v) is 17.3. The molecule has 0 amide bonds. The number of aromatic nitrogens is 4. The van der Waals surface area contributed by atoms with Crippen LogP contribution in [0.1, 0.15) is 73.5 Å². The number of nitrogens with zero attached hydrogens (tertiary/aromatic N) is 4. The van der Waals surface area contributed by atoms with Crippen molar-refractivity contribution in [1.29, 1.82) is 0 Å². The van der Waals surface area contributed by atoms with Gasteiger partial charge in [0.15, 0.2) is 5.82 Å². The van der Waals surface area contributed by atoms with Gasteiger partial charge in [-0.1, -0.05) is 57.9 Å². The summed E-state index contributed by atoms with van der Waals surface area (Å²) in [7, 11) is 0. The van der Waals surface area contributed by atoms with Gasteiger partial charge >= 0.3 is 5.97 Å². The highest BCUT2D eigenvalue weighted by Crippen LogP contribution is 2.22. The molecule has 0 saturated heterocycles. The highest BCUT2D eigenvalue weighted by Gasteiger charge is 2.15. The van der Waals surface area contributed by atoms with Crippen LogP contribution in [0.2, 0.25) is 0 Å². The number of carbonyl (C=O) groups is 1. The minimum atomic E-state index is -0.951. The molecule has 0 unspecified atom stereocenters. The molecule has 0 spiro atoms. The number of rotatable bonds is 9. The maximum absolute atomic E-state index is 11.5. The lowest BCUT2D eigenvalue weighted by Gasteiger charge is -2.08. The standard InChI is InChI=1S/C23H28N4O2/c1-4-5-8-13-27-21(25-22(26-27)16(2)3)14-17-11-12-20(24-15-17)18-9-6-7-10-19(18)23(28)29/h6-7,9-12,15-16H,4-5,8,13-14H2,1-3H3,(H,28,29). The first-order valence-corrected chi connectivity index (χ1v) is 10.2. The van der Waals surface area contributed by atoms with Gasteiger partial charge in [-0.25, -0.2) is 14.5 Å². The van der Waals surface area contributed by atoms with E-state index in [4.69, 9.17) is 10.1 Å². The smallest absolute Gasteiger partial charge is 0.336 e. The summed E-state index contributed by atoms with van der Waals surface area (Å²) in [6.45, 7) is 7.27. The minimum Gasteiger partial charge on any atom is -0.478 e. The molecule has 0 aliphatic heterocycles. The second-order valence-electron chi connectivity index (χ2n) is 7.55. The summed E-state index contributed by atoms with van der Waals surface area (Å²) in [6.07, 6.45) is 5.89. The van der Waals surface area contributed by atoms with Crippen LogP contribution in [0.3, 0.4) is 0 Å². The van der Waals surface area contributed by atoms with Crippen LogP contribution in [0, 0.1) is 0 Å². The molecule has 0 aliphatic carbocycles. The van der Waals surface area contributed by atoms with E-state index in [9.17, 15) is 9.90 Å². The summed E-state index contributed by atoms with van der Waals surface area (Å²) in [5.74, 6) is 1.16. The van der Waals surface area contributed by atoms with Crippen LogP contribution < -0.4 is 0 Å². The summed E-state index contributed by atoms with van der Waals surface area (Å²) in [5, 5.41) is 14.1. The number of carboxylic acids is 1. The molecular formula is C23H28N4O2. The molecular weight excluding hydrogens is 364 g/mol. The Morgan fingerprint density at radius 1 is 1.14 bits per heavy atom. The Morgan fingerprint density at radius 3 is 2.59 bits per heavy atom. The van der Waals surface area contributed by atoms with Gasteiger partial charge in [0.05, 0.1) is 11.3 Å². The molecule has 0 saturated carbocycles. The average molecular weight is 393 g/mol. The zero-order valence-electron chi connectivity index (χ0n) is 17.3. The number of pyridine rings is 1. The second kappa shape index (κ2) is 9.45. The Kier molecular flexibility index (Phi) is 6.75. The third-order valence-electron chi connectivity index (χ3n) is 4.87. The van der Waals surface area contributed by atoms with Gasteiger partial charge in [-0.2, -0.15) is 5.10 Å². The van der Waals surface area contributed by atoms with Crippen molar-refractivity contribution in [3.05, 3.63) is 65.4 Å². The highest BCUT2D eigenvalue weighted by atomic mass is 16.4. The lowest BCUT2D eigenvalue weighted by molar-refractivity contribution is 0.0697. The first-order chi connectivity index (χ1) is 14.0. The molecule has 1 N–H and O–H groups in total. The number of aryl methyl sites for hydroxylation is 1. The Balaban J connectivity index is 1.82. The molecule has 152 valence electrons. The van der Waals surface area contributed by atoms with Gasteiger partial charge in [-0.3, -0.25) is 4.98 Å². The number of hydrogen-bond donors (Lipinski definition) is 1. The molecule has 0 fully saturated rings. The van der Waals surface area contributed by atoms with Crippen molar-refractivity contribution >= 4 is 5.97 Å². The van der Waals surface area contributed by atoms with E-state index in [1.165, 1.54) is 12.8 Å². The van der Waals surface area contributed by atoms with Crippen LogP contribution >= 0.6 is 0 Å². The fourth-order valence-electron chi connectivity index (χ4n) is 3.22. The van der Waals surface area contributed by atoms with Crippen molar-refractivity contribution in [2.24, 2.45) is 0 Å². The number of carboxylic acid groups (broad SMARTS) is 1. The molecule has 0 bridgehead atoms. The summed E-state index contributed by atoms with van der Waals surface area (Å²) < 4.78 is 2.03. The Labute approximate surface area is 171 Å². The summed E-state index contributed by atoms with van der Waals surface area (Å²) >= 11 is 0. The van der Waals surface area contributed by atoms with Gasteiger partial charge in [-0.05, 0) is 24.1 Å². The van der Waals surface area contributed by atoms with Crippen molar-refractivity contribution in [1.82, 2.24) is 19.7 Å². The Bertz CT molecular complexity index is 961. The van der Waals surface area contributed by atoms with Gasteiger partial charge in [0.25, 0.3) is 0 Å². The third-order valence-corrected chi connectivity index (χ3v) is 4.87. The first kappa shape index (κ1) is 20.7. The average Bonchev–Trinajstić information content (AvgIpc) is 3.12. The molecule has 3 rings (SSSR count). The van der Waals surface area contributed by atoms with E-state index < -0.39 is 5.97 Å². The van der Waals surface area contributed by atoms with Gasteiger partial charge in [-0.15, -0.1) is 0 Å². The van der Waals surface area contributed by atoms with E-state index in [2.05, 4.69) is 25.8 Å². The van der Waals surface area contributed by atoms with Gasteiger partial charge in [0.2, 0.25) is 0 Å². The molecule has 3 aromatic rings. The third kappa shape index (κ3) is 5.08. The van der Waals surface area contributed by atoms with E-state index in [0.29, 0.717) is 17.7 Å². The summed E-state index contributed by atoms with van der Waals surface area (Å²) in [6, 6.07) is 10.8. The van der Waals surface area contributed by atoms with E-state index >= 15 is 0 Å². The Hall–Kier alpha value is -3.02. The molecule has 0 radical (unpaired) electrons. The maximum atomic E-state index is 11.5. The topological polar surface area (TPSA) is 80.9 Å². The number of hydrogen-bond acceptors (Lipinski definition) is 4. The molecule has 6 nitrogen and oxygen atoms in total. The van der Waals surface area contributed by atoms with Crippen LogP contribution in [0.15, 0.2) is 42.6 Å². The molecule has 2 heterocycles. The monoisotopic (exact) mass is 392 g/mol.